The van der Waals surface area contributed by atoms with E-state index in [9.17, 15) is 19.2 Å². The molecule has 3 amide bonds. The number of ketones is 1. The molecule has 0 spiro atoms. The standard InChI is InChI=1S/C25H48N4O12/c1-22(30)18-38-14-11-35-7-3-27-24(32)20-40-16-13-37-9-5-29-25(33)21-41-17-12-36-8-4-28-23(31)19-39-15-10-34-6-2-26/h2-21,26H2,1H3,(H,27,32)(H,28,31)(H,29,33). The van der Waals surface area contributed by atoms with Crippen LogP contribution in [0.15, 0.2) is 0 Å². The highest BCUT2D eigenvalue weighted by Gasteiger charge is 2.03. The molecule has 5 N–H and O–H groups in total. The number of ether oxygens (including phenoxy) is 8. The highest BCUT2D eigenvalue weighted by Crippen LogP contribution is 1.84. The Morgan fingerprint density at radius 1 is 0.439 bits per heavy atom. The van der Waals surface area contributed by atoms with Crippen LogP contribution in [0.4, 0.5) is 0 Å². The fraction of sp³-hybridized carbons (Fsp3) is 0.840. The first kappa shape index (κ1) is 38.7. The van der Waals surface area contributed by atoms with Crippen LogP contribution in [0.3, 0.4) is 0 Å². The van der Waals surface area contributed by atoms with Crippen LogP contribution in [0.25, 0.3) is 0 Å². The number of amides is 3. The number of Topliss-reactive ketones (excluding diaryl/α,β-unsaturated/α-hetero) is 1. The van der Waals surface area contributed by atoms with Crippen LogP contribution in [-0.2, 0) is 57.1 Å². The van der Waals surface area contributed by atoms with Gasteiger partial charge in [-0.15, -0.1) is 0 Å². The van der Waals surface area contributed by atoms with Gasteiger partial charge in [0, 0.05) is 26.2 Å². The van der Waals surface area contributed by atoms with E-state index in [0.717, 1.165) is 0 Å². The summed E-state index contributed by atoms with van der Waals surface area (Å²) in [5.41, 5.74) is 5.29. The van der Waals surface area contributed by atoms with Crippen molar-refractivity contribution in [3.63, 3.8) is 0 Å². The van der Waals surface area contributed by atoms with E-state index >= 15 is 0 Å². The molecule has 0 bridgehead atoms. The molecule has 0 saturated carbocycles. The Hall–Kier alpha value is -2.28. The van der Waals surface area contributed by atoms with Crippen molar-refractivity contribution in [1.82, 2.24) is 16.0 Å². The summed E-state index contributed by atoms with van der Waals surface area (Å²) in [7, 11) is 0. The van der Waals surface area contributed by atoms with E-state index in [-0.39, 0.29) is 83.0 Å². The molecule has 16 nitrogen and oxygen atoms in total. The maximum atomic E-state index is 11.7. The zero-order valence-electron chi connectivity index (χ0n) is 24.1. The first-order chi connectivity index (χ1) is 20.0. The minimum absolute atomic E-state index is 0.0445. The molecule has 0 aromatic carbocycles. The molecule has 0 rings (SSSR count). The fourth-order valence-electron chi connectivity index (χ4n) is 2.61. The summed E-state index contributed by atoms with van der Waals surface area (Å²) >= 11 is 0. The van der Waals surface area contributed by atoms with Crippen molar-refractivity contribution in [2.45, 2.75) is 6.92 Å². The van der Waals surface area contributed by atoms with E-state index in [4.69, 9.17) is 43.6 Å². The van der Waals surface area contributed by atoms with Crippen LogP contribution in [0, 0.1) is 0 Å². The molecule has 0 heterocycles. The van der Waals surface area contributed by atoms with Crippen molar-refractivity contribution in [3.8, 4) is 0 Å². The predicted octanol–water partition coefficient (Wildman–Crippen LogP) is -2.98. The van der Waals surface area contributed by atoms with Crippen molar-refractivity contribution in [3.05, 3.63) is 0 Å². The molecule has 0 saturated heterocycles. The molecule has 0 unspecified atom stereocenters. The summed E-state index contributed by atoms with van der Waals surface area (Å²) in [5, 5.41) is 7.96. The first-order valence-corrected chi connectivity index (χ1v) is 13.6. The molecule has 0 aromatic heterocycles. The summed E-state index contributed by atoms with van der Waals surface area (Å²) in [6.07, 6.45) is 0. The molecular weight excluding hydrogens is 548 g/mol. The SMILES string of the molecule is CC(=O)COCCOCCNC(=O)COCCOCCNC(=O)COCCOCCNC(=O)COCCOCCN. The van der Waals surface area contributed by atoms with E-state index < -0.39 is 0 Å². The number of hydrogen-bond donors (Lipinski definition) is 4. The summed E-state index contributed by atoms with van der Waals surface area (Å²) in [6, 6.07) is 0. The molecular formula is C25H48N4O12. The Bertz CT molecular complexity index is 672. The Morgan fingerprint density at radius 3 is 1.05 bits per heavy atom. The summed E-state index contributed by atoms with van der Waals surface area (Å²) in [4.78, 5) is 45.6. The maximum Gasteiger partial charge on any atom is 0.246 e. The molecule has 41 heavy (non-hydrogen) atoms. The molecule has 0 aliphatic carbocycles. The Kier molecular flexibility index (Phi) is 29.0. The third-order valence-electron chi connectivity index (χ3n) is 4.46. The van der Waals surface area contributed by atoms with Crippen LogP contribution in [0.2, 0.25) is 0 Å². The van der Waals surface area contributed by atoms with Crippen LogP contribution in [0.1, 0.15) is 6.92 Å². The highest BCUT2D eigenvalue weighted by molar-refractivity contribution is 5.78. The molecule has 0 fully saturated rings. The number of carbonyl (C=O) groups excluding carboxylic acids is 4. The minimum Gasteiger partial charge on any atom is -0.378 e. The van der Waals surface area contributed by atoms with Crippen LogP contribution in [0.5, 0.6) is 0 Å². The van der Waals surface area contributed by atoms with E-state index in [1.807, 2.05) is 0 Å². The molecule has 0 radical (unpaired) electrons. The number of nitrogens with one attached hydrogen (secondary N) is 3. The summed E-state index contributed by atoms with van der Waals surface area (Å²) in [6.45, 7) is 6.47. The second kappa shape index (κ2) is 30.7. The lowest BCUT2D eigenvalue weighted by Gasteiger charge is -2.09. The van der Waals surface area contributed by atoms with Crippen LogP contribution >= 0.6 is 0 Å². The summed E-state index contributed by atoms with van der Waals surface area (Å²) in [5.74, 6) is -0.844. The molecule has 0 aliphatic rings. The number of hydrogen-bond acceptors (Lipinski definition) is 13. The highest BCUT2D eigenvalue weighted by atomic mass is 16.5. The topological polar surface area (TPSA) is 204 Å². The lowest BCUT2D eigenvalue weighted by atomic mass is 10.5. The number of rotatable bonds is 31. The van der Waals surface area contributed by atoms with E-state index in [1.54, 1.807) is 0 Å². The minimum atomic E-state index is -0.283. The fourth-order valence-corrected chi connectivity index (χ4v) is 2.61. The van der Waals surface area contributed by atoms with Gasteiger partial charge in [0.2, 0.25) is 17.7 Å². The third-order valence-corrected chi connectivity index (χ3v) is 4.46. The zero-order valence-corrected chi connectivity index (χ0v) is 24.1. The third kappa shape index (κ3) is 32.1. The van der Waals surface area contributed by atoms with Gasteiger partial charge in [-0.25, -0.2) is 0 Å². The monoisotopic (exact) mass is 596 g/mol. The molecule has 0 aromatic rings. The number of nitrogens with two attached hydrogens (primary N) is 1. The van der Waals surface area contributed by atoms with Crippen molar-refractivity contribution in [2.24, 2.45) is 5.73 Å². The van der Waals surface area contributed by atoms with Gasteiger partial charge in [0.25, 0.3) is 0 Å². The van der Waals surface area contributed by atoms with Gasteiger partial charge in [0.1, 0.15) is 26.4 Å². The smallest absolute Gasteiger partial charge is 0.246 e. The van der Waals surface area contributed by atoms with Gasteiger partial charge in [0.05, 0.1) is 79.3 Å². The Balaban J connectivity index is 3.33. The molecule has 0 atom stereocenters. The lowest BCUT2D eigenvalue weighted by Crippen LogP contribution is -2.32. The lowest BCUT2D eigenvalue weighted by molar-refractivity contribution is -0.128. The quantitative estimate of drug-likeness (QED) is 0.0591. The Morgan fingerprint density at radius 2 is 0.732 bits per heavy atom. The van der Waals surface area contributed by atoms with E-state index in [1.165, 1.54) is 6.92 Å². The molecule has 16 heteroatoms. The van der Waals surface area contributed by atoms with Crippen molar-refractivity contribution < 1.29 is 57.1 Å². The van der Waals surface area contributed by atoms with Gasteiger partial charge >= 0.3 is 0 Å². The largest absolute Gasteiger partial charge is 0.378 e. The average molecular weight is 597 g/mol. The van der Waals surface area contributed by atoms with Crippen LogP contribution < -0.4 is 21.7 Å². The Labute approximate surface area is 241 Å². The average Bonchev–Trinajstić information content (AvgIpc) is 2.94. The molecule has 240 valence electrons. The second-order valence-electron chi connectivity index (χ2n) is 8.20. The summed E-state index contributed by atoms with van der Waals surface area (Å²) < 4.78 is 41.7. The maximum absolute atomic E-state index is 11.7. The first-order valence-electron chi connectivity index (χ1n) is 13.6. The zero-order chi connectivity index (χ0) is 30.2. The van der Waals surface area contributed by atoms with Gasteiger partial charge in [-0.3, -0.25) is 19.2 Å². The van der Waals surface area contributed by atoms with Gasteiger partial charge in [-0.05, 0) is 6.92 Å². The van der Waals surface area contributed by atoms with Crippen molar-refractivity contribution in [1.29, 1.82) is 0 Å². The van der Waals surface area contributed by atoms with Gasteiger partial charge in [-0.1, -0.05) is 0 Å². The van der Waals surface area contributed by atoms with E-state index in [0.29, 0.717) is 72.4 Å². The van der Waals surface area contributed by atoms with Gasteiger partial charge < -0.3 is 59.6 Å². The van der Waals surface area contributed by atoms with Gasteiger partial charge in [0.15, 0.2) is 5.78 Å². The van der Waals surface area contributed by atoms with Gasteiger partial charge in [-0.2, -0.15) is 0 Å². The van der Waals surface area contributed by atoms with Crippen molar-refractivity contribution in [2.75, 3.05) is 132 Å². The number of carbonyl (C=O) groups is 4. The van der Waals surface area contributed by atoms with Crippen molar-refractivity contribution >= 4 is 23.5 Å². The second-order valence-corrected chi connectivity index (χ2v) is 8.20. The molecule has 0 aliphatic heterocycles. The van der Waals surface area contributed by atoms with Crippen LogP contribution in [-0.4, -0.2) is 155 Å². The normalized spacial score (nSPS) is 10.9. The predicted molar refractivity (Wildman–Crippen MR) is 145 cm³/mol. The van der Waals surface area contributed by atoms with E-state index in [2.05, 4.69) is 16.0 Å².